The lowest BCUT2D eigenvalue weighted by atomic mass is 9.97. The molecule has 1 aliphatic rings. The molecule has 0 spiro atoms. The Bertz CT molecular complexity index is 352. The molecule has 0 saturated heterocycles. The predicted molar refractivity (Wildman–Crippen MR) is 54.8 cm³/mol. The van der Waals surface area contributed by atoms with E-state index in [9.17, 15) is 4.79 Å². The minimum absolute atomic E-state index is 0.248. The molecule has 0 radical (unpaired) electrons. The van der Waals surface area contributed by atoms with Gasteiger partial charge in [0.05, 0.1) is 12.5 Å². The molecule has 0 unspecified atom stereocenters. The van der Waals surface area contributed by atoms with Crippen LogP contribution in [0.2, 0.25) is 0 Å². The lowest BCUT2D eigenvalue weighted by Crippen LogP contribution is -2.14. The van der Waals surface area contributed by atoms with E-state index in [-0.39, 0.29) is 5.24 Å². The SMILES string of the molecule is COc1ccc(C2(C(=O)Cl)CC2)cc1. The lowest BCUT2D eigenvalue weighted by Gasteiger charge is -2.10. The molecule has 0 aliphatic heterocycles. The largest absolute Gasteiger partial charge is 0.497 e. The number of ether oxygens (including phenoxy) is 1. The van der Waals surface area contributed by atoms with Crippen molar-refractivity contribution in [1.29, 1.82) is 0 Å². The van der Waals surface area contributed by atoms with Gasteiger partial charge >= 0.3 is 0 Å². The van der Waals surface area contributed by atoms with Crippen LogP contribution in [0.4, 0.5) is 0 Å². The Morgan fingerprint density at radius 2 is 1.93 bits per heavy atom. The van der Waals surface area contributed by atoms with Crippen LogP contribution >= 0.6 is 11.6 Å². The highest BCUT2D eigenvalue weighted by atomic mass is 35.5. The maximum absolute atomic E-state index is 11.2. The summed E-state index contributed by atoms with van der Waals surface area (Å²) >= 11 is 5.57. The second kappa shape index (κ2) is 3.28. The molecule has 0 amide bonds. The Labute approximate surface area is 87.8 Å². The second-order valence-corrected chi connectivity index (χ2v) is 3.93. The summed E-state index contributed by atoms with van der Waals surface area (Å²) in [5.74, 6) is 0.798. The zero-order valence-electron chi connectivity index (χ0n) is 7.92. The van der Waals surface area contributed by atoms with Crippen LogP contribution in [0.25, 0.3) is 0 Å². The first-order valence-corrected chi connectivity index (χ1v) is 4.91. The van der Waals surface area contributed by atoms with Gasteiger partial charge in [-0.15, -0.1) is 0 Å². The molecule has 0 heterocycles. The Morgan fingerprint density at radius 3 is 2.29 bits per heavy atom. The highest BCUT2D eigenvalue weighted by Crippen LogP contribution is 2.50. The number of benzene rings is 1. The molecule has 0 N–H and O–H groups in total. The first-order valence-electron chi connectivity index (χ1n) is 4.53. The zero-order valence-corrected chi connectivity index (χ0v) is 8.67. The van der Waals surface area contributed by atoms with Gasteiger partial charge in [-0.25, -0.2) is 0 Å². The average Bonchev–Trinajstić information content (AvgIpc) is 2.99. The van der Waals surface area contributed by atoms with Gasteiger partial charge in [-0.1, -0.05) is 12.1 Å². The minimum atomic E-state index is -0.395. The Morgan fingerprint density at radius 1 is 1.36 bits per heavy atom. The van der Waals surface area contributed by atoms with Gasteiger partial charge in [-0.05, 0) is 42.1 Å². The van der Waals surface area contributed by atoms with E-state index in [1.165, 1.54) is 0 Å². The summed E-state index contributed by atoms with van der Waals surface area (Å²) in [5.41, 5.74) is 0.603. The molecule has 1 saturated carbocycles. The third kappa shape index (κ3) is 1.40. The highest BCUT2D eigenvalue weighted by molar-refractivity contribution is 6.66. The average molecular weight is 211 g/mol. The highest BCUT2D eigenvalue weighted by Gasteiger charge is 2.50. The number of methoxy groups -OCH3 is 1. The van der Waals surface area contributed by atoms with E-state index in [1.54, 1.807) is 7.11 Å². The number of carbonyl (C=O) groups is 1. The third-order valence-electron chi connectivity index (χ3n) is 2.77. The van der Waals surface area contributed by atoms with E-state index >= 15 is 0 Å². The molecule has 1 aromatic rings. The first kappa shape index (κ1) is 9.53. The van der Waals surface area contributed by atoms with Crippen molar-refractivity contribution >= 4 is 16.8 Å². The van der Waals surface area contributed by atoms with E-state index < -0.39 is 5.41 Å². The van der Waals surface area contributed by atoms with Gasteiger partial charge in [0.15, 0.2) is 0 Å². The second-order valence-electron chi connectivity index (χ2n) is 3.58. The van der Waals surface area contributed by atoms with Gasteiger partial charge in [-0.2, -0.15) is 0 Å². The normalized spacial score (nSPS) is 17.6. The van der Waals surface area contributed by atoms with Crippen LogP contribution in [-0.4, -0.2) is 12.4 Å². The third-order valence-corrected chi connectivity index (χ3v) is 3.13. The number of hydrogen-bond donors (Lipinski definition) is 0. The molecule has 3 heteroatoms. The molecule has 0 bridgehead atoms. The summed E-state index contributed by atoms with van der Waals surface area (Å²) in [4.78, 5) is 11.2. The molecular weight excluding hydrogens is 200 g/mol. The van der Waals surface area contributed by atoms with Crippen LogP contribution < -0.4 is 4.74 Å². The van der Waals surface area contributed by atoms with Gasteiger partial charge in [-0.3, -0.25) is 4.79 Å². The fourth-order valence-corrected chi connectivity index (χ4v) is 1.93. The minimum Gasteiger partial charge on any atom is -0.497 e. The van der Waals surface area contributed by atoms with E-state index in [4.69, 9.17) is 16.3 Å². The maximum Gasteiger partial charge on any atom is 0.232 e. The zero-order chi connectivity index (χ0) is 10.2. The summed E-state index contributed by atoms with van der Waals surface area (Å²) in [6.07, 6.45) is 1.73. The summed E-state index contributed by atoms with van der Waals surface area (Å²) in [6, 6.07) is 7.53. The molecule has 74 valence electrons. The molecule has 1 aliphatic carbocycles. The molecule has 1 fully saturated rings. The predicted octanol–water partition coefficient (Wildman–Crippen LogP) is 2.49. The summed E-state index contributed by atoms with van der Waals surface area (Å²) in [6.45, 7) is 0. The number of halogens is 1. The fraction of sp³-hybridized carbons (Fsp3) is 0.364. The van der Waals surface area contributed by atoms with Gasteiger partial charge in [0.25, 0.3) is 0 Å². The van der Waals surface area contributed by atoms with Crippen LogP contribution in [0.3, 0.4) is 0 Å². The Kier molecular flexibility index (Phi) is 2.23. The van der Waals surface area contributed by atoms with Crippen LogP contribution in [0.1, 0.15) is 18.4 Å². The lowest BCUT2D eigenvalue weighted by molar-refractivity contribution is -0.113. The van der Waals surface area contributed by atoms with Crippen molar-refractivity contribution in [1.82, 2.24) is 0 Å². The van der Waals surface area contributed by atoms with Crippen LogP contribution in [-0.2, 0) is 10.2 Å². The van der Waals surface area contributed by atoms with Crippen molar-refractivity contribution in [3.05, 3.63) is 29.8 Å². The molecular formula is C11H11ClO2. The van der Waals surface area contributed by atoms with Crippen molar-refractivity contribution in [3.63, 3.8) is 0 Å². The Hall–Kier alpha value is -1.02. The summed E-state index contributed by atoms with van der Waals surface area (Å²) in [7, 11) is 1.62. The number of carbonyl (C=O) groups excluding carboxylic acids is 1. The van der Waals surface area contributed by atoms with E-state index in [1.807, 2.05) is 24.3 Å². The van der Waals surface area contributed by atoms with Gasteiger partial charge in [0, 0.05) is 0 Å². The topological polar surface area (TPSA) is 26.3 Å². The van der Waals surface area contributed by atoms with Gasteiger partial charge < -0.3 is 4.74 Å². The molecule has 0 atom stereocenters. The summed E-state index contributed by atoms with van der Waals surface area (Å²) < 4.78 is 5.04. The molecule has 14 heavy (non-hydrogen) atoms. The van der Waals surface area contributed by atoms with Gasteiger partial charge in [0.1, 0.15) is 5.75 Å². The smallest absolute Gasteiger partial charge is 0.232 e. The quantitative estimate of drug-likeness (QED) is 0.717. The standard InChI is InChI=1S/C11H11ClO2/c1-14-9-4-2-8(3-5-9)11(6-7-11)10(12)13/h2-5H,6-7H2,1H3. The van der Waals surface area contributed by atoms with Crippen molar-refractivity contribution in [2.45, 2.75) is 18.3 Å². The molecule has 2 nitrogen and oxygen atoms in total. The fourth-order valence-electron chi connectivity index (χ4n) is 1.63. The van der Waals surface area contributed by atoms with Crippen LogP contribution in [0, 0.1) is 0 Å². The van der Waals surface area contributed by atoms with Crippen molar-refractivity contribution in [3.8, 4) is 5.75 Å². The van der Waals surface area contributed by atoms with Crippen molar-refractivity contribution in [2.75, 3.05) is 7.11 Å². The first-order chi connectivity index (χ1) is 6.69. The van der Waals surface area contributed by atoms with Gasteiger partial charge in [0.2, 0.25) is 5.24 Å². The van der Waals surface area contributed by atoms with E-state index in [0.717, 1.165) is 24.2 Å². The molecule has 2 rings (SSSR count). The van der Waals surface area contributed by atoms with Crippen molar-refractivity contribution < 1.29 is 9.53 Å². The van der Waals surface area contributed by atoms with E-state index in [0.29, 0.717) is 0 Å². The van der Waals surface area contributed by atoms with Crippen molar-refractivity contribution in [2.24, 2.45) is 0 Å². The number of rotatable bonds is 3. The molecule has 0 aromatic heterocycles. The monoisotopic (exact) mass is 210 g/mol. The summed E-state index contributed by atoms with van der Waals surface area (Å²) in [5, 5.41) is -0.248. The van der Waals surface area contributed by atoms with Crippen LogP contribution in [0.15, 0.2) is 24.3 Å². The van der Waals surface area contributed by atoms with E-state index in [2.05, 4.69) is 0 Å². The Balaban J connectivity index is 2.29. The molecule has 1 aromatic carbocycles. The maximum atomic E-state index is 11.2. The van der Waals surface area contributed by atoms with Crippen LogP contribution in [0.5, 0.6) is 5.75 Å². The number of hydrogen-bond acceptors (Lipinski definition) is 2.